The van der Waals surface area contributed by atoms with Crippen molar-refractivity contribution in [1.29, 1.82) is 0 Å². The van der Waals surface area contributed by atoms with Gasteiger partial charge in [0.05, 0.1) is 18.7 Å². The molecule has 0 unspecified atom stereocenters. The van der Waals surface area contributed by atoms with Gasteiger partial charge in [0.2, 0.25) is 0 Å². The molecule has 1 fully saturated rings. The molecule has 0 spiro atoms. The molecule has 1 aromatic rings. The van der Waals surface area contributed by atoms with Gasteiger partial charge >= 0.3 is 5.97 Å². The number of ether oxygens (including phenoxy) is 1. The number of rotatable bonds is 3. The predicted molar refractivity (Wildman–Crippen MR) is 52.7 cm³/mol. The van der Waals surface area contributed by atoms with Crippen LogP contribution in [0.25, 0.3) is 0 Å². The van der Waals surface area contributed by atoms with Crippen molar-refractivity contribution >= 4 is 5.97 Å². The number of nitrogens with zero attached hydrogens (tertiary/aromatic N) is 2. The van der Waals surface area contributed by atoms with Crippen LogP contribution in [0.1, 0.15) is 24.4 Å². The quantitative estimate of drug-likeness (QED) is 0.803. The van der Waals surface area contributed by atoms with Gasteiger partial charge in [-0.1, -0.05) is 0 Å². The average molecular weight is 210 g/mol. The number of aromatic nitrogens is 2. The van der Waals surface area contributed by atoms with Gasteiger partial charge in [0.15, 0.2) is 0 Å². The normalized spacial score (nSPS) is 17.9. The molecular formula is C10H14N2O3. The molecule has 5 nitrogen and oxygen atoms in total. The van der Waals surface area contributed by atoms with E-state index in [1.807, 2.05) is 10.9 Å². The molecule has 5 heteroatoms. The van der Waals surface area contributed by atoms with Crippen molar-refractivity contribution in [3.63, 3.8) is 0 Å². The Morgan fingerprint density at radius 1 is 1.60 bits per heavy atom. The predicted octanol–water partition coefficient (Wildman–Crippen LogP) is 0.862. The molecule has 0 aromatic carbocycles. The topological polar surface area (TPSA) is 64.3 Å². The highest BCUT2D eigenvalue weighted by Gasteiger charge is 2.16. The highest BCUT2D eigenvalue weighted by atomic mass is 16.5. The molecule has 82 valence electrons. The summed E-state index contributed by atoms with van der Waals surface area (Å²) in [5.74, 6) is -0.818. The van der Waals surface area contributed by atoms with Crippen molar-refractivity contribution in [2.75, 3.05) is 13.2 Å². The summed E-state index contributed by atoms with van der Waals surface area (Å²) in [6.45, 7) is 1.53. The largest absolute Gasteiger partial charge is 0.481 e. The molecule has 0 amide bonds. The number of hydrogen-bond donors (Lipinski definition) is 1. The number of carbonyl (C=O) groups is 1. The second kappa shape index (κ2) is 4.44. The first-order valence-electron chi connectivity index (χ1n) is 5.08. The molecule has 1 aliphatic rings. The van der Waals surface area contributed by atoms with E-state index in [1.54, 1.807) is 6.20 Å². The number of carboxylic acid groups (broad SMARTS) is 1. The fourth-order valence-electron chi connectivity index (χ4n) is 1.79. The van der Waals surface area contributed by atoms with Crippen LogP contribution in [0.2, 0.25) is 0 Å². The van der Waals surface area contributed by atoms with Crippen LogP contribution in [0.5, 0.6) is 0 Å². The molecule has 0 bridgehead atoms. The fourth-order valence-corrected chi connectivity index (χ4v) is 1.79. The van der Waals surface area contributed by atoms with E-state index in [4.69, 9.17) is 9.84 Å². The highest BCUT2D eigenvalue weighted by Crippen LogP contribution is 2.20. The lowest BCUT2D eigenvalue weighted by molar-refractivity contribution is -0.136. The molecule has 1 saturated heterocycles. The standard InChI is InChI=1S/C10H14N2O3/c13-10(14)5-8-6-11-12(7-8)9-1-3-15-4-2-9/h6-7,9H,1-5H2,(H,13,14). The van der Waals surface area contributed by atoms with Gasteiger partial charge in [0, 0.05) is 25.0 Å². The third-order valence-corrected chi connectivity index (χ3v) is 2.58. The van der Waals surface area contributed by atoms with Crippen LogP contribution < -0.4 is 0 Å². The Morgan fingerprint density at radius 2 is 2.33 bits per heavy atom. The van der Waals surface area contributed by atoms with Crippen molar-refractivity contribution < 1.29 is 14.6 Å². The van der Waals surface area contributed by atoms with E-state index >= 15 is 0 Å². The SMILES string of the molecule is O=C(O)Cc1cnn(C2CCOCC2)c1. The Labute approximate surface area is 87.7 Å². The molecule has 0 atom stereocenters. The van der Waals surface area contributed by atoms with E-state index in [-0.39, 0.29) is 6.42 Å². The molecular weight excluding hydrogens is 196 g/mol. The first kappa shape index (κ1) is 10.2. The van der Waals surface area contributed by atoms with Crippen LogP contribution in [0.4, 0.5) is 0 Å². The number of aliphatic carboxylic acids is 1. The van der Waals surface area contributed by atoms with E-state index in [1.165, 1.54) is 0 Å². The smallest absolute Gasteiger partial charge is 0.307 e. The summed E-state index contributed by atoms with van der Waals surface area (Å²) in [5, 5.41) is 12.8. The summed E-state index contributed by atoms with van der Waals surface area (Å²) < 4.78 is 7.12. The van der Waals surface area contributed by atoms with Gasteiger partial charge in [-0.3, -0.25) is 9.48 Å². The molecule has 15 heavy (non-hydrogen) atoms. The van der Waals surface area contributed by atoms with E-state index in [0.29, 0.717) is 6.04 Å². The van der Waals surface area contributed by atoms with Gasteiger partial charge in [-0.15, -0.1) is 0 Å². The monoisotopic (exact) mass is 210 g/mol. The Bertz CT molecular complexity index is 342. The zero-order valence-corrected chi connectivity index (χ0v) is 8.43. The van der Waals surface area contributed by atoms with Crippen LogP contribution in [0.3, 0.4) is 0 Å². The number of carboxylic acids is 1. The van der Waals surface area contributed by atoms with Crippen molar-refractivity contribution in [1.82, 2.24) is 9.78 Å². The van der Waals surface area contributed by atoms with Crippen LogP contribution in [-0.2, 0) is 16.0 Å². The second-order valence-corrected chi connectivity index (χ2v) is 3.74. The summed E-state index contributed by atoms with van der Waals surface area (Å²) in [5.41, 5.74) is 0.758. The van der Waals surface area contributed by atoms with Crippen molar-refractivity contribution in [2.45, 2.75) is 25.3 Å². The van der Waals surface area contributed by atoms with Gasteiger partial charge in [-0.2, -0.15) is 5.10 Å². The first-order chi connectivity index (χ1) is 7.25. The Kier molecular flexibility index (Phi) is 3.01. The molecule has 2 heterocycles. The van der Waals surface area contributed by atoms with Gasteiger partial charge in [0.25, 0.3) is 0 Å². The average Bonchev–Trinajstić information content (AvgIpc) is 2.67. The minimum absolute atomic E-state index is 0.0449. The maximum Gasteiger partial charge on any atom is 0.307 e. The second-order valence-electron chi connectivity index (χ2n) is 3.74. The minimum atomic E-state index is -0.818. The van der Waals surface area contributed by atoms with E-state index in [2.05, 4.69) is 5.10 Å². The Hall–Kier alpha value is -1.36. The Balaban J connectivity index is 2.02. The van der Waals surface area contributed by atoms with E-state index < -0.39 is 5.97 Å². The summed E-state index contributed by atoms with van der Waals surface area (Å²) in [6.07, 6.45) is 5.40. The van der Waals surface area contributed by atoms with Crippen LogP contribution >= 0.6 is 0 Å². The first-order valence-corrected chi connectivity index (χ1v) is 5.08. The van der Waals surface area contributed by atoms with Gasteiger partial charge in [-0.25, -0.2) is 0 Å². The zero-order valence-electron chi connectivity index (χ0n) is 8.43. The summed E-state index contributed by atoms with van der Waals surface area (Å²) >= 11 is 0. The Morgan fingerprint density at radius 3 is 3.00 bits per heavy atom. The maximum atomic E-state index is 10.5. The third-order valence-electron chi connectivity index (χ3n) is 2.58. The van der Waals surface area contributed by atoms with Gasteiger partial charge in [0.1, 0.15) is 0 Å². The maximum absolute atomic E-state index is 10.5. The van der Waals surface area contributed by atoms with Gasteiger partial charge in [-0.05, 0) is 12.8 Å². The lowest BCUT2D eigenvalue weighted by Gasteiger charge is -2.22. The van der Waals surface area contributed by atoms with Crippen molar-refractivity contribution in [2.24, 2.45) is 0 Å². The molecule has 1 N–H and O–H groups in total. The molecule has 2 rings (SSSR count). The lowest BCUT2D eigenvalue weighted by Crippen LogP contribution is -2.19. The van der Waals surface area contributed by atoms with E-state index in [0.717, 1.165) is 31.6 Å². The summed E-state index contributed by atoms with van der Waals surface area (Å²) in [7, 11) is 0. The summed E-state index contributed by atoms with van der Waals surface area (Å²) in [4.78, 5) is 10.5. The molecule has 0 radical (unpaired) electrons. The fraction of sp³-hybridized carbons (Fsp3) is 0.600. The zero-order chi connectivity index (χ0) is 10.7. The number of hydrogen-bond acceptors (Lipinski definition) is 3. The van der Waals surface area contributed by atoms with Crippen LogP contribution in [0, 0.1) is 0 Å². The highest BCUT2D eigenvalue weighted by molar-refractivity contribution is 5.69. The molecule has 1 aromatic heterocycles. The third kappa shape index (κ3) is 2.56. The molecule has 1 aliphatic heterocycles. The van der Waals surface area contributed by atoms with Crippen molar-refractivity contribution in [3.05, 3.63) is 18.0 Å². The minimum Gasteiger partial charge on any atom is -0.481 e. The lowest BCUT2D eigenvalue weighted by atomic mass is 10.1. The molecule has 0 aliphatic carbocycles. The van der Waals surface area contributed by atoms with E-state index in [9.17, 15) is 4.79 Å². The van der Waals surface area contributed by atoms with Crippen molar-refractivity contribution in [3.8, 4) is 0 Å². The van der Waals surface area contributed by atoms with Crippen LogP contribution in [-0.4, -0.2) is 34.1 Å². The molecule has 0 saturated carbocycles. The van der Waals surface area contributed by atoms with Gasteiger partial charge < -0.3 is 9.84 Å². The van der Waals surface area contributed by atoms with Crippen LogP contribution in [0.15, 0.2) is 12.4 Å². The summed E-state index contributed by atoms with van der Waals surface area (Å²) in [6, 6.07) is 0.362.